The minimum absolute atomic E-state index is 0.0572. The summed E-state index contributed by atoms with van der Waals surface area (Å²) in [7, 11) is 0. The number of ether oxygens (including phenoxy) is 1. The molecule has 2 aromatic carbocycles. The molecule has 0 bridgehead atoms. The lowest BCUT2D eigenvalue weighted by atomic mass is 9.93. The highest BCUT2D eigenvalue weighted by Gasteiger charge is 2.38. The fraction of sp³-hybridized carbons (Fsp3) is 0.0588. The summed E-state index contributed by atoms with van der Waals surface area (Å²) in [4.78, 5) is 12.5. The summed E-state index contributed by atoms with van der Waals surface area (Å²) >= 11 is 3.40. The number of hydrogen-bond donors (Lipinski definition) is 1. The molecular formula is C17H10BrNO4. The Bertz CT molecular complexity index is 1010. The molecule has 114 valence electrons. The monoisotopic (exact) mass is 371 g/mol. The highest BCUT2D eigenvalue weighted by molar-refractivity contribution is 9.10. The summed E-state index contributed by atoms with van der Waals surface area (Å²) in [6, 6.07) is 14.5. The number of oxime groups is 1. The van der Waals surface area contributed by atoms with Gasteiger partial charge in [-0.3, -0.25) is 0 Å². The Hall–Kier alpha value is -2.60. The second-order valence-electron chi connectivity index (χ2n) is 5.16. The molecule has 1 aliphatic heterocycles. The lowest BCUT2D eigenvalue weighted by Crippen LogP contribution is -2.16. The van der Waals surface area contributed by atoms with E-state index in [2.05, 4.69) is 21.1 Å². The van der Waals surface area contributed by atoms with Crippen molar-refractivity contribution < 1.29 is 14.4 Å². The standard InChI is InChI=1S/C17H10BrNO4/c18-10-5-3-4-9(8-10)13-14-15(23-16(13)19-21)11-6-1-2-7-12(11)22-17(14)20/h1-8,13,21H/b19-16+. The summed E-state index contributed by atoms with van der Waals surface area (Å²) in [5, 5.41) is 13.2. The van der Waals surface area contributed by atoms with Gasteiger partial charge in [-0.1, -0.05) is 45.4 Å². The Kier molecular flexibility index (Phi) is 3.20. The smallest absolute Gasteiger partial charge is 0.344 e. The van der Waals surface area contributed by atoms with Gasteiger partial charge in [0.1, 0.15) is 5.58 Å². The lowest BCUT2D eigenvalue weighted by molar-refractivity contribution is 0.303. The zero-order valence-corrected chi connectivity index (χ0v) is 13.3. The predicted molar refractivity (Wildman–Crippen MR) is 88.3 cm³/mol. The number of para-hydroxylation sites is 1. The van der Waals surface area contributed by atoms with E-state index in [9.17, 15) is 10.0 Å². The van der Waals surface area contributed by atoms with Gasteiger partial charge in [0.15, 0.2) is 5.75 Å². The van der Waals surface area contributed by atoms with Crippen molar-refractivity contribution in [2.24, 2.45) is 5.16 Å². The van der Waals surface area contributed by atoms with Crippen LogP contribution < -0.4 is 10.4 Å². The van der Waals surface area contributed by atoms with Crippen molar-refractivity contribution in [3.05, 3.63) is 74.6 Å². The average molecular weight is 372 g/mol. The predicted octanol–water partition coefficient (Wildman–Crippen LogP) is 3.87. The molecule has 0 amide bonds. The van der Waals surface area contributed by atoms with E-state index in [1.807, 2.05) is 30.3 Å². The van der Waals surface area contributed by atoms with Gasteiger partial charge >= 0.3 is 5.63 Å². The molecule has 23 heavy (non-hydrogen) atoms. The van der Waals surface area contributed by atoms with E-state index in [4.69, 9.17) is 9.15 Å². The molecule has 5 nitrogen and oxygen atoms in total. The van der Waals surface area contributed by atoms with Gasteiger partial charge < -0.3 is 14.4 Å². The highest BCUT2D eigenvalue weighted by Crippen LogP contribution is 2.42. The molecule has 1 aliphatic rings. The van der Waals surface area contributed by atoms with Crippen LogP contribution in [0.15, 0.2) is 67.4 Å². The number of halogens is 1. The van der Waals surface area contributed by atoms with E-state index >= 15 is 0 Å². The molecule has 0 spiro atoms. The first kappa shape index (κ1) is 14.0. The number of benzene rings is 2. The zero-order chi connectivity index (χ0) is 16.0. The Morgan fingerprint density at radius 1 is 1.13 bits per heavy atom. The number of hydrogen-bond acceptors (Lipinski definition) is 5. The van der Waals surface area contributed by atoms with Crippen molar-refractivity contribution in [2.75, 3.05) is 0 Å². The van der Waals surface area contributed by atoms with Crippen molar-refractivity contribution >= 4 is 32.8 Å². The van der Waals surface area contributed by atoms with Crippen molar-refractivity contribution in [3.63, 3.8) is 0 Å². The van der Waals surface area contributed by atoms with E-state index in [1.165, 1.54) is 0 Å². The van der Waals surface area contributed by atoms with Gasteiger partial charge in [-0.25, -0.2) is 4.79 Å². The van der Waals surface area contributed by atoms with Crippen LogP contribution in [0.3, 0.4) is 0 Å². The van der Waals surface area contributed by atoms with Gasteiger partial charge in [-0.2, -0.15) is 0 Å². The minimum Gasteiger partial charge on any atom is -0.437 e. The number of nitrogens with zero attached hydrogens (tertiary/aromatic N) is 1. The van der Waals surface area contributed by atoms with Crippen LogP contribution in [0.1, 0.15) is 17.0 Å². The minimum atomic E-state index is -0.603. The summed E-state index contributed by atoms with van der Waals surface area (Å²) in [6.45, 7) is 0. The van der Waals surface area contributed by atoms with Gasteiger partial charge in [0.05, 0.1) is 16.9 Å². The molecule has 0 saturated heterocycles. The van der Waals surface area contributed by atoms with Crippen molar-refractivity contribution in [1.29, 1.82) is 0 Å². The van der Waals surface area contributed by atoms with Gasteiger partial charge in [0.2, 0.25) is 5.90 Å². The van der Waals surface area contributed by atoms with Crippen LogP contribution in [0.4, 0.5) is 0 Å². The van der Waals surface area contributed by atoms with Crippen LogP contribution in [-0.2, 0) is 0 Å². The maximum absolute atomic E-state index is 12.5. The molecule has 0 aliphatic carbocycles. The first-order chi connectivity index (χ1) is 11.2. The fourth-order valence-electron chi connectivity index (χ4n) is 2.86. The molecule has 1 unspecified atom stereocenters. The third kappa shape index (κ3) is 2.14. The average Bonchev–Trinajstić information content (AvgIpc) is 2.95. The fourth-order valence-corrected chi connectivity index (χ4v) is 3.27. The molecule has 0 fully saturated rings. The second kappa shape index (κ2) is 5.24. The van der Waals surface area contributed by atoms with E-state index in [-0.39, 0.29) is 5.90 Å². The molecule has 2 heterocycles. The van der Waals surface area contributed by atoms with Crippen LogP contribution in [0.2, 0.25) is 0 Å². The van der Waals surface area contributed by atoms with Crippen LogP contribution in [-0.4, -0.2) is 11.1 Å². The van der Waals surface area contributed by atoms with Gasteiger partial charge in [-0.15, -0.1) is 0 Å². The molecule has 4 rings (SSSR count). The molecule has 0 radical (unpaired) electrons. The molecule has 1 N–H and O–H groups in total. The summed E-state index contributed by atoms with van der Waals surface area (Å²) in [5.41, 5.74) is 1.05. The molecule has 0 saturated carbocycles. The van der Waals surface area contributed by atoms with Gasteiger partial charge in [0.25, 0.3) is 0 Å². The Morgan fingerprint density at radius 3 is 2.74 bits per heavy atom. The van der Waals surface area contributed by atoms with Crippen LogP contribution in [0, 0.1) is 0 Å². The molecule has 3 aromatic rings. The number of fused-ring (bicyclic) bond motifs is 3. The van der Waals surface area contributed by atoms with E-state index in [1.54, 1.807) is 18.2 Å². The van der Waals surface area contributed by atoms with Crippen molar-refractivity contribution in [2.45, 2.75) is 5.92 Å². The molecular weight excluding hydrogens is 362 g/mol. The highest BCUT2D eigenvalue weighted by atomic mass is 79.9. The summed E-state index contributed by atoms with van der Waals surface area (Å²) in [5.74, 6) is -0.162. The molecule has 1 aromatic heterocycles. The largest absolute Gasteiger partial charge is 0.437 e. The van der Waals surface area contributed by atoms with E-state index in [0.29, 0.717) is 22.3 Å². The first-order valence-corrected chi connectivity index (χ1v) is 7.69. The summed E-state index contributed by atoms with van der Waals surface area (Å²) in [6.07, 6.45) is 0. The Morgan fingerprint density at radius 2 is 1.96 bits per heavy atom. The second-order valence-corrected chi connectivity index (χ2v) is 6.07. The lowest BCUT2D eigenvalue weighted by Gasteiger charge is -2.08. The van der Waals surface area contributed by atoms with Crippen molar-refractivity contribution in [3.8, 4) is 5.75 Å². The van der Waals surface area contributed by atoms with Gasteiger partial charge in [0, 0.05) is 4.47 Å². The quantitative estimate of drug-likeness (QED) is 0.400. The van der Waals surface area contributed by atoms with Crippen LogP contribution in [0.25, 0.3) is 11.0 Å². The van der Waals surface area contributed by atoms with Crippen LogP contribution >= 0.6 is 15.9 Å². The van der Waals surface area contributed by atoms with Gasteiger partial charge in [-0.05, 0) is 29.8 Å². The Labute approximate surface area is 138 Å². The maximum Gasteiger partial charge on any atom is 0.344 e. The normalized spacial score (nSPS) is 18.1. The van der Waals surface area contributed by atoms with Crippen LogP contribution in [0.5, 0.6) is 5.75 Å². The Balaban J connectivity index is 2.04. The molecule has 1 atom stereocenters. The van der Waals surface area contributed by atoms with Crippen molar-refractivity contribution in [1.82, 2.24) is 0 Å². The first-order valence-electron chi connectivity index (χ1n) is 6.90. The SMILES string of the molecule is O=c1oc2ccccc2c2c1C(c1cccc(Br)c1)/C(=N\O)O2. The third-order valence-electron chi connectivity index (χ3n) is 3.82. The number of rotatable bonds is 1. The van der Waals surface area contributed by atoms with E-state index < -0.39 is 11.5 Å². The summed E-state index contributed by atoms with van der Waals surface area (Å²) < 4.78 is 11.9. The topological polar surface area (TPSA) is 72.0 Å². The maximum atomic E-state index is 12.5. The third-order valence-corrected chi connectivity index (χ3v) is 4.31. The zero-order valence-electron chi connectivity index (χ0n) is 11.7. The molecule has 6 heteroatoms. The van der Waals surface area contributed by atoms with E-state index in [0.717, 1.165) is 10.0 Å².